The largest absolute Gasteiger partial charge is 0.334 e. The maximum Gasteiger partial charge on any atom is 0.246 e. The summed E-state index contributed by atoms with van der Waals surface area (Å²) in [5, 5.41) is 2.70. The molecule has 52 valence electrons. The zero-order valence-electron chi connectivity index (χ0n) is 5.77. The average molecular weight is 145 g/mol. The minimum Gasteiger partial charge on any atom is -0.334 e. The highest BCUT2D eigenvalue weighted by Gasteiger charge is 1.94. The van der Waals surface area contributed by atoms with Gasteiger partial charge in [0, 0.05) is 0 Å². The predicted molar refractivity (Wildman–Crippen MR) is 41.8 cm³/mol. The van der Waals surface area contributed by atoms with Crippen molar-refractivity contribution in [2.24, 2.45) is 0 Å². The number of hydrogen-bond donors (Lipinski definition) is 1. The molecule has 0 bridgehead atoms. The summed E-state index contributed by atoms with van der Waals surface area (Å²) in [6, 6.07) is 0. The summed E-state index contributed by atoms with van der Waals surface area (Å²) in [6.07, 6.45) is 1.29. The fourth-order valence-corrected chi connectivity index (χ4v) is 0.799. The third kappa shape index (κ3) is 5.51. The van der Waals surface area contributed by atoms with E-state index in [0.717, 1.165) is 0 Å². The molecule has 0 aliphatic rings. The topological polar surface area (TPSA) is 29.1 Å². The third-order valence-corrected chi connectivity index (χ3v) is 1.64. The van der Waals surface area contributed by atoms with E-state index in [4.69, 9.17) is 0 Å². The van der Waals surface area contributed by atoms with Crippen molar-refractivity contribution < 1.29 is 4.79 Å². The van der Waals surface area contributed by atoms with Crippen molar-refractivity contribution in [2.45, 2.75) is 19.5 Å². The van der Waals surface area contributed by atoms with Gasteiger partial charge >= 0.3 is 0 Å². The van der Waals surface area contributed by atoms with Gasteiger partial charge in [0.25, 0.3) is 0 Å². The van der Waals surface area contributed by atoms with E-state index in [1.165, 1.54) is 6.08 Å². The molecule has 0 saturated heterocycles. The molecule has 0 aliphatic carbocycles. The maximum atomic E-state index is 10.5. The van der Waals surface area contributed by atoms with Crippen LogP contribution >= 0.6 is 8.73 Å². The summed E-state index contributed by atoms with van der Waals surface area (Å²) in [5.74, 6) is -0.0815. The van der Waals surface area contributed by atoms with Gasteiger partial charge in [0.2, 0.25) is 5.91 Å². The Morgan fingerprint density at radius 3 is 2.67 bits per heavy atom. The normalized spacial score (nSPS) is 10.6. The Morgan fingerprint density at radius 2 is 2.33 bits per heavy atom. The molecule has 0 saturated carbocycles. The van der Waals surface area contributed by atoms with Gasteiger partial charge in [0.1, 0.15) is 0 Å². The van der Waals surface area contributed by atoms with Gasteiger partial charge in [-0.25, -0.2) is 0 Å². The molecule has 0 radical (unpaired) electrons. The van der Waals surface area contributed by atoms with E-state index in [0.29, 0.717) is 14.4 Å². The monoisotopic (exact) mass is 145 g/mol. The molecule has 0 fully saturated rings. The van der Waals surface area contributed by atoms with Crippen LogP contribution in [0.2, 0.25) is 0 Å². The first-order chi connectivity index (χ1) is 4.16. The van der Waals surface area contributed by atoms with Crippen LogP contribution in [-0.2, 0) is 4.79 Å². The van der Waals surface area contributed by atoms with Crippen molar-refractivity contribution in [1.82, 2.24) is 5.09 Å². The number of amides is 1. The van der Waals surface area contributed by atoms with Gasteiger partial charge in [-0.2, -0.15) is 0 Å². The van der Waals surface area contributed by atoms with E-state index in [1.54, 1.807) is 0 Å². The van der Waals surface area contributed by atoms with E-state index in [9.17, 15) is 4.79 Å². The van der Waals surface area contributed by atoms with E-state index in [1.807, 2.05) is 0 Å². The molecular weight excluding hydrogens is 133 g/mol. The van der Waals surface area contributed by atoms with Crippen LogP contribution in [0.3, 0.4) is 0 Å². The Balaban J connectivity index is 3.27. The first kappa shape index (κ1) is 8.64. The second-order valence-corrected chi connectivity index (χ2v) is 3.69. The van der Waals surface area contributed by atoms with Crippen LogP contribution in [0.5, 0.6) is 0 Å². The number of rotatable bonds is 3. The van der Waals surface area contributed by atoms with Crippen LogP contribution in [0, 0.1) is 0 Å². The Bertz CT molecular complexity index is 112. The van der Waals surface area contributed by atoms with Gasteiger partial charge in [-0.15, -0.1) is 0 Å². The minimum absolute atomic E-state index is 0.0815. The van der Waals surface area contributed by atoms with Crippen LogP contribution < -0.4 is 5.09 Å². The molecule has 0 heterocycles. The van der Waals surface area contributed by atoms with Gasteiger partial charge in [-0.3, -0.25) is 4.79 Å². The highest BCUT2D eigenvalue weighted by molar-refractivity contribution is 7.37. The molecule has 0 aromatic rings. The van der Waals surface area contributed by atoms with E-state index in [2.05, 4.69) is 25.5 Å². The highest BCUT2D eigenvalue weighted by atomic mass is 31.1. The molecule has 1 unspecified atom stereocenters. The molecule has 0 rings (SSSR count). The fraction of sp³-hybridized carbons (Fsp3) is 0.500. The molecule has 0 aliphatic heterocycles. The van der Waals surface area contributed by atoms with E-state index < -0.39 is 0 Å². The molecule has 1 atom stereocenters. The predicted octanol–water partition coefficient (Wildman–Crippen LogP) is 1.29. The lowest BCUT2D eigenvalue weighted by Crippen LogP contribution is -2.12. The average Bonchev–Trinajstić information content (AvgIpc) is 1.83. The van der Waals surface area contributed by atoms with Crippen LogP contribution in [0.4, 0.5) is 0 Å². The molecule has 9 heavy (non-hydrogen) atoms. The number of carbonyl (C=O) groups excluding carboxylic acids is 1. The number of hydrogen-bond acceptors (Lipinski definition) is 1. The van der Waals surface area contributed by atoms with Gasteiger partial charge in [-0.05, 0) is 20.5 Å². The quantitative estimate of drug-likeness (QED) is 0.470. The van der Waals surface area contributed by atoms with Crippen molar-refractivity contribution in [3.8, 4) is 0 Å². The number of carbonyl (C=O) groups is 1. The molecule has 1 amide bonds. The van der Waals surface area contributed by atoms with Crippen molar-refractivity contribution in [1.29, 1.82) is 0 Å². The fourth-order valence-electron chi connectivity index (χ4n) is 0.266. The first-order valence-corrected chi connectivity index (χ1v) is 3.92. The van der Waals surface area contributed by atoms with Crippen LogP contribution in [0.15, 0.2) is 12.7 Å². The first-order valence-electron chi connectivity index (χ1n) is 2.84. The Labute approximate surface area is 57.6 Å². The Kier molecular flexibility index (Phi) is 4.33. The highest BCUT2D eigenvalue weighted by Crippen LogP contribution is 2.10. The molecule has 1 N–H and O–H groups in total. The Hall–Kier alpha value is -0.360. The summed E-state index contributed by atoms with van der Waals surface area (Å²) in [4.78, 5) is 10.5. The SMILES string of the molecule is C=CC(=O)NPC(C)C. The number of nitrogens with one attached hydrogen (secondary N) is 1. The second-order valence-electron chi connectivity index (χ2n) is 1.99. The standard InChI is InChI=1S/C6H12NOP/c1-4-6(8)7-9-5(2)3/h4-5,9H,1H2,2-3H3,(H,7,8). The van der Waals surface area contributed by atoms with Crippen LogP contribution in [0.1, 0.15) is 13.8 Å². The molecular formula is C6H12NOP. The van der Waals surface area contributed by atoms with Crippen LogP contribution in [0.25, 0.3) is 0 Å². The summed E-state index contributed by atoms with van der Waals surface area (Å²) >= 11 is 0. The zero-order valence-corrected chi connectivity index (χ0v) is 6.77. The summed E-state index contributed by atoms with van der Waals surface area (Å²) in [6.45, 7) is 7.45. The van der Waals surface area contributed by atoms with Gasteiger partial charge in [-0.1, -0.05) is 20.4 Å². The molecule has 3 heteroatoms. The van der Waals surface area contributed by atoms with Gasteiger partial charge in [0.05, 0.1) is 0 Å². The van der Waals surface area contributed by atoms with Crippen molar-refractivity contribution in [3.63, 3.8) is 0 Å². The van der Waals surface area contributed by atoms with Gasteiger partial charge in [0.15, 0.2) is 0 Å². The lowest BCUT2D eigenvalue weighted by Gasteiger charge is -2.03. The lowest BCUT2D eigenvalue weighted by molar-refractivity contribution is -0.114. The van der Waals surface area contributed by atoms with E-state index >= 15 is 0 Å². The zero-order chi connectivity index (χ0) is 7.28. The lowest BCUT2D eigenvalue weighted by atomic mass is 10.6. The molecule has 0 aromatic heterocycles. The van der Waals surface area contributed by atoms with Crippen molar-refractivity contribution in [3.05, 3.63) is 12.7 Å². The van der Waals surface area contributed by atoms with E-state index in [-0.39, 0.29) is 5.91 Å². The second kappa shape index (κ2) is 4.51. The van der Waals surface area contributed by atoms with Crippen molar-refractivity contribution >= 4 is 14.6 Å². The summed E-state index contributed by atoms with van der Waals surface area (Å²) in [7, 11) is 0.505. The van der Waals surface area contributed by atoms with Crippen LogP contribution in [-0.4, -0.2) is 11.6 Å². The maximum absolute atomic E-state index is 10.5. The molecule has 2 nitrogen and oxygen atoms in total. The third-order valence-electron chi connectivity index (χ3n) is 0.669. The minimum atomic E-state index is -0.0815. The summed E-state index contributed by atoms with van der Waals surface area (Å²) in [5.41, 5.74) is 0.536. The molecule has 0 aromatic carbocycles. The Morgan fingerprint density at radius 1 is 1.78 bits per heavy atom. The van der Waals surface area contributed by atoms with Crippen molar-refractivity contribution in [2.75, 3.05) is 0 Å². The molecule has 0 spiro atoms. The van der Waals surface area contributed by atoms with Gasteiger partial charge < -0.3 is 5.09 Å². The summed E-state index contributed by atoms with van der Waals surface area (Å²) < 4.78 is 0. The smallest absolute Gasteiger partial charge is 0.246 e.